The fraction of sp³-hybridized carbons (Fsp3) is 0.346. The third-order valence-corrected chi connectivity index (χ3v) is 6.12. The molecule has 2 heterocycles. The Bertz CT molecular complexity index is 1300. The Morgan fingerprint density at radius 3 is 1.73 bits per heavy atom. The summed E-state index contributed by atoms with van der Waals surface area (Å²) in [6, 6.07) is 4.16. The highest BCUT2D eigenvalue weighted by Gasteiger charge is 2.31. The summed E-state index contributed by atoms with van der Waals surface area (Å²) in [4.78, 5) is 75.6. The van der Waals surface area contributed by atoms with Crippen LogP contribution < -0.4 is 21.7 Å². The van der Waals surface area contributed by atoms with E-state index in [0.29, 0.717) is 11.4 Å². The largest absolute Gasteiger partial charge is 0.481 e. The van der Waals surface area contributed by atoms with Crippen LogP contribution in [0.2, 0.25) is 0 Å². The molecule has 4 unspecified atom stereocenters. The molecule has 15 nitrogen and oxygen atoms in total. The summed E-state index contributed by atoms with van der Waals surface area (Å²) in [6.07, 6.45) is 4.95. The number of hydrogen-bond donors (Lipinski definition) is 8. The Kier molecular flexibility index (Phi) is 11.1. The molecular weight excluding hydrogens is 536 g/mol. The third kappa shape index (κ3) is 9.89. The smallest absolute Gasteiger partial charge is 0.326 e. The van der Waals surface area contributed by atoms with Crippen LogP contribution in [0.4, 0.5) is 0 Å². The average molecular weight is 569 g/mol. The number of carboxylic acid groups (broad SMARTS) is 2. The second-order valence-corrected chi connectivity index (χ2v) is 9.31. The van der Waals surface area contributed by atoms with Gasteiger partial charge in [-0.05, 0) is 18.4 Å². The molecule has 3 amide bonds. The van der Waals surface area contributed by atoms with E-state index in [9.17, 15) is 29.1 Å². The van der Waals surface area contributed by atoms with Gasteiger partial charge in [0.25, 0.3) is 0 Å². The lowest BCUT2D eigenvalue weighted by Gasteiger charge is -2.25. The number of nitrogens with zero attached hydrogens (tertiary/aromatic N) is 2. The average Bonchev–Trinajstić information content (AvgIpc) is 3.65. The number of carbonyl (C=O) groups excluding carboxylic acids is 3. The summed E-state index contributed by atoms with van der Waals surface area (Å²) in [5.41, 5.74) is 7.92. The van der Waals surface area contributed by atoms with Crippen LogP contribution in [0, 0.1) is 0 Å². The standard InChI is InChI=1S/C26H32N8O7/c27-18(8-15-4-2-1-3-5-15)23(37)33-20(9-16-11-28-13-30-16)25(39)34-21(10-17-12-29-14-31-17)24(38)32-19(26(40)41)6-7-22(35)36/h1-5,11-14,18-21H,6-10,27H2,(H,28,30)(H,29,31)(H,32,38)(H,33,37)(H,34,39)(H,35,36)(H,40,41). The second-order valence-electron chi connectivity index (χ2n) is 9.31. The minimum Gasteiger partial charge on any atom is -0.481 e. The molecule has 218 valence electrons. The predicted octanol–water partition coefficient (Wildman–Crippen LogP) is -1.11. The molecule has 0 aliphatic heterocycles. The summed E-state index contributed by atoms with van der Waals surface area (Å²) < 4.78 is 0. The van der Waals surface area contributed by atoms with Gasteiger partial charge in [-0.1, -0.05) is 30.3 Å². The van der Waals surface area contributed by atoms with Gasteiger partial charge in [-0.3, -0.25) is 19.2 Å². The molecule has 41 heavy (non-hydrogen) atoms. The van der Waals surface area contributed by atoms with Gasteiger partial charge in [0.15, 0.2) is 0 Å². The van der Waals surface area contributed by atoms with Gasteiger partial charge < -0.3 is 41.9 Å². The summed E-state index contributed by atoms with van der Waals surface area (Å²) in [5.74, 6) is -4.85. The number of amides is 3. The first-order chi connectivity index (χ1) is 19.6. The van der Waals surface area contributed by atoms with Crippen LogP contribution in [-0.2, 0) is 43.2 Å². The van der Waals surface area contributed by atoms with Gasteiger partial charge in [-0.2, -0.15) is 0 Å². The number of imidazole rings is 2. The Labute approximate surface area is 234 Å². The van der Waals surface area contributed by atoms with E-state index < -0.39 is 60.2 Å². The van der Waals surface area contributed by atoms with E-state index in [0.717, 1.165) is 5.56 Å². The molecule has 0 radical (unpaired) electrons. The van der Waals surface area contributed by atoms with Gasteiger partial charge in [0.2, 0.25) is 17.7 Å². The minimum absolute atomic E-state index is 0.00953. The SMILES string of the molecule is NC(Cc1ccccc1)C(=O)NC(Cc1cnc[nH]1)C(=O)NC(Cc1cnc[nH]1)C(=O)NC(CCC(=O)O)C(=O)O. The number of hydrogen-bond acceptors (Lipinski definition) is 8. The molecule has 3 rings (SSSR count). The molecule has 4 atom stereocenters. The molecule has 0 spiro atoms. The van der Waals surface area contributed by atoms with Crippen molar-refractivity contribution in [3.63, 3.8) is 0 Å². The van der Waals surface area contributed by atoms with Crippen molar-refractivity contribution in [2.75, 3.05) is 0 Å². The van der Waals surface area contributed by atoms with Crippen LogP contribution in [0.15, 0.2) is 55.4 Å². The lowest BCUT2D eigenvalue weighted by Crippen LogP contribution is -2.58. The maximum Gasteiger partial charge on any atom is 0.326 e. The molecule has 0 bridgehead atoms. The van der Waals surface area contributed by atoms with Crippen molar-refractivity contribution >= 4 is 29.7 Å². The van der Waals surface area contributed by atoms with E-state index >= 15 is 0 Å². The summed E-state index contributed by atoms with van der Waals surface area (Å²) >= 11 is 0. The van der Waals surface area contributed by atoms with E-state index in [1.807, 2.05) is 30.3 Å². The van der Waals surface area contributed by atoms with E-state index in [2.05, 4.69) is 35.9 Å². The van der Waals surface area contributed by atoms with Crippen molar-refractivity contribution in [2.24, 2.45) is 5.73 Å². The van der Waals surface area contributed by atoms with Crippen molar-refractivity contribution in [2.45, 2.75) is 56.3 Å². The monoisotopic (exact) mass is 568 g/mol. The number of nitrogens with one attached hydrogen (secondary N) is 5. The fourth-order valence-corrected chi connectivity index (χ4v) is 3.96. The zero-order chi connectivity index (χ0) is 29.8. The van der Waals surface area contributed by atoms with Gasteiger partial charge in [0, 0.05) is 43.0 Å². The van der Waals surface area contributed by atoms with Gasteiger partial charge >= 0.3 is 11.9 Å². The lowest BCUT2D eigenvalue weighted by molar-refractivity contribution is -0.143. The number of carbonyl (C=O) groups is 5. The maximum atomic E-state index is 13.5. The highest BCUT2D eigenvalue weighted by Crippen LogP contribution is 2.07. The fourth-order valence-electron chi connectivity index (χ4n) is 3.96. The first-order valence-electron chi connectivity index (χ1n) is 12.7. The summed E-state index contributed by atoms with van der Waals surface area (Å²) in [6.45, 7) is 0. The quantitative estimate of drug-likeness (QED) is 0.103. The molecule has 0 aliphatic rings. The lowest BCUT2D eigenvalue weighted by atomic mass is 10.0. The van der Waals surface area contributed by atoms with Crippen LogP contribution in [-0.4, -0.2) is 84.0 Å². The Hall–Kier alpha value is -5.05. The minimum atomic E-state index is -1.50. The zero-order valence-electron chi connectivity index (χ0n) is 21.9. The number of carboxylic acids is 2. The van der Waals surface area contributed by atoms with Gasteiger partial charge in [0.05, 0.1) is 18.7 Å². The van der Waals surface area contributed by atoms with E-state index in [1.54, 1.807) is 0 Å². The molecule has 0 saturated carbocycles. The van der Waals surface area contributed by atoms with E-state index in [4.69, 9.17) is 10.8 Å². The number of aromatic nitrogens is 4. The molecule has 2 aromatic heterocycles. The number of benzene rings is 1. The molecule has 3 aromatic rings. The molecule has 0 aliphatic carbocycles. The first-order valence-corrected chi connectivity index (χ1v) is 12.7. The number of aliphatic carboxylic acids is 2. The van der Waals surface area contributed by atoms with E-state index in [1.165, 1.54) is 25.0 Å². The predicted molar refractivity (Wildman–Crippen MR) is 143 cm³/mol. The summed E-state index contributed by atoms with van der Waals surface area (Å²) in [5, 5.41) is 25.9. The normalized spacial score (nSPS) is 13.8. The number of H-pyrrole nitrogens is 2. The molecule has 1 aromatic carbocycles. The van der Waals surface area contributed by atoms with Crippen molar-refractivity contribution in [3.8, 4) is 0 Å². The van der Waals surface area contributed by atoms with Crippen LogP contribution >= 0.6 is 0 Å². The number of aromatic amines is 2. The Morgan fingerprint density at radius 1 is 0.756 bits per heavy atom. The second kappa shape index (κ2) is 14.9. The first kappa shape index (κ1) is 30.5. The number of nitrogens with two attached hydrogens (primary N) is 1. The highest BCUT2D eigenvalue weighted by molar-refractivity contribution is 5.94. The van der Waals surface area contributed by atoms with Crippen molar-refractivity contribution in [3.05, 3.63) is 72.3 Å². The van der Waals surface area contributed by atoms with Crippen LogP contribution in [0.1, 0.15) is 29.8 Å². The van der Waals surface area contributed by atoms with Crippen LogP contribution in [0.3, 0.4) is 0 Å². The molecule has 0 saturated heterocycles. The maximum absolute atomic E-state index is 13.5. The molecule has 0 fully saturated rings. The molecule has 9 N–H and O–H groups in total. The zero-order valence-corrected chi connectivity index (χ0v) is 21.9. The van der Waals surface area contributed by atoms with Crippen molar-refractivity contribution in [1.82, 2.24) is 35.9 Å². The van der Waals surface area contributed by atoms with E-state index in [-0.39, 0.29) is 25.7 Å². The number of rotatable bonds is 16. The molecular formula is C26H32N8O7. The van der Waals surface area contributed by atoms with Crippen molar-refractivity contribution in [1.29, 1.82) is 0 Å². The Balaban J connectivity index is 1.76. The van der Waals surface area contributed by atoms with Gasteiger partial charge in [-0.15, -0.1) is 0 Å². The van der Waals surface area contributed by atoms with Crippen LogP contribution in [0.25, 0.3) is 0 Å². The van der Waals surface area contributed by atoms with Gasteiger partial charge in [-0.25, -0.2) is 14.8 Å². The molecule has 15 heteroatoms. The topological polar surface area (TPSA) is 245 Å². The third-order valence-electron chi connectivity index (χ3n) is 6.12. The van der Waals surface area contributed by atoms with Crippen LogP contribution in [0.5, 0.6) is 0 Å². The highest BCUT2D eigenvalue weighted by atomic mass is 16.4. The summed E-state index contributed by atoms with van der Waals surface area (Å²) in [7, 11) is 0. The van der Waals surface area contributed by atoms with Crippen molar-refractivity contribution < 1.29 is 34.2 Å². The Morgan fingerprint density at radius 2 is 1.27 bits per heavy atom. The van der Waals surface area contributed by atoms with Gasteiger partial charge in [0.1, 0.15) is 18.1 Å².